The molecule has 0 aliphatic heterocycles. The Bertz CT molecular complexity index is 934. The molecule has 4 nitrogen and oxygen atoms in total. The fraction of sp³-hybridized carbons (Fsp3) is 0.130. The molecule has 28 heavy (non-hydrogen) atoms. The van der Waals surface area contributed by atoms with Gasteiger partial charge in [0.2, 0.25) is 5.91 Å². The highest BCUT2D eigenvalue weighted by molar-refractivity contribution is 9.10. The van der Waals surface area contributed by atoms with Crippen LogP contribution in [0.2, 0.25) is 0 Å². The van der Waals surface area contributed by atoms with Crippen LogP contribution in [0.25, 0.3) is 0 Å². The predicted molar refractivity (Wildman–Crippen MR) is 116 cm³/mol. The Morgan fingerprint density at radius 3 is 2.29 bits per heavy atom. The number of nitrogens with one attached hydrogen (secondary N) is 1. The summed E-state index contributed by atoms with van der Waals surface area (Å²) in [5.74, 6) is 0.633. The highest BCUT2D eigenvalue weighted by Crippen LogP contribution is 2.14. The molecule has 0 fully saturated rings. The van der Waals surface area contributed by atoms with Crippen LogP contribution in [-0.2, 0) is 17.8 Å². The zero-order chi connectivity index (χ0) is 19.8. The maximum atomic E-state index is 11.9. The third-order valence-corrected chi connectivity index (χ3v) is 4.62. The van der Waals surface area contributed by atoms with Crippen molar-refractivity contribution in [1.82, 2.24) is 5.43 Å². The van der Waals surface area contributed by atoms with Gasteiger partial charge in [-0.25, -0.2) is 5.43 Å². The van der Waals surface area contributed by atoms with Crippen molar-refractivity contribution in [3.8, 4) is 5.75 Å². The molecule has 0 unspecified atom stereocenters. The molecule has 3 rings (SSSR count). The quantitative estimate of drug-likeness (QED) is 0.417. The van der Waals surface area contributed by atoms with Gasteiger partial charge in [-0.2, -0.15) is 5.10 Å². The Labute approximate surface area is 173 Å². The van der Waals surface area contributed by atoms with E-state index in [1.165, 1.54) is 5.56 Å². The molecule has 1 N–H and O–H groups in total. The van der Waals surface area contributed by atoms with Gasteiger partial charge in [0.25, 0.3) is 0 Å². The number of hydrogen-bond donors (Lipinski definition) is 1. The molecular formula is C23H21BrN2O2. The standard InChI is InChI=1S/C23H21BrN2O2/c1-17-2-4-20(5-3-17)16-28-22-12-8-19(9-13-22)15-25-26-23(27)14-18-6-10-21(24)11-7-18/h2-13,15H,14,16H2,1H3,(H,26,27)/b25-15+. The average Bonchev–Trinajstić information content (AvgIpc) is 2.70. The van der Waals surface area contributed by atoms with Crippen LogP contribution in [-0.4, -0.2) is 12.1 Å². The molecule has 0 saturated heterocycles. The molecule has 0 saturated carbocycles. The summed E-state index contributed by atoms with van der Waals surface area (Å²) in [4.78, 5) is 11.9. The number of benzene rings is 3. The van der Waals surface area contributed by atoms with E-state index < -0.39 is 0 Å². The molecule has 0 spiro atoms. The maximum absolute atomic E-state index is 11.9. The van der Waals surface area contributed by atoms with Gasteiger partial charge < -0.3 is 4.74 Å². The highest BCUT2D eigenvalue weighted by Gasteiger charge is 2.02. The number of hydrogen-bond acceptors (Lipinski definition) is 3. The third-order valence-electron chi connectivity index (χ3n) is 4.09. The second kappa shape index (κ2) is 9.85. The van der Waals surface area contributed by atoms with Crippen LogP contribution < -0.4 is 10.2 Å². The van der Waals surface area contributed by atoms with Gasteiger partial charge in [0, 0.05) is 4.47 Å². The summed E-state index contributed by atoms with van der Waals surface area (Å²) in [6, 6.07) is 23.5. The molecule has 0 aromatic heterocycles. The summed E-state index contributed by atoms with van der Waals surface area (Å²) >= 11 is 3.38. The Kier molecular flexibility index (Phi) is 6.98. The summed E-state index contributed by atoms with van der Waals surface area (Å²) < 4.78 is 6.77. The van der Waals surface area contributed by atoms with Crippen LogP contribution in [0, 0.1) is 6.92 Å². The van der Waals surface area contributed by atoms with Gasteiger partial charge >= 0.3 is 0 Å². The van der Waals surface area contributed by atoms with Gasteiger partial charge in [0.05, 0.1) is 12.6 Å². The summed E-state index contributed by atoms with van der Waals surface area (Å²) in [7, 11) is 0. The average molecular weight is 437 g/mol. The van der Waals surface area contributed by atoms with E-state index in [0.717, 1.165) is 26.9 Å². The number of ether oxygens (including phenoxy) is 1. The topological polar surface area (TPSA) is 50.7 Å². The number of hydrazone groups is 1. The van der Waals surface area contributed by atoms with Crippen LogP contribution in [0.1, 0.15) is 22.3 Å². The minimum absolute atomic E-state index is 0.156. The molecule has 0 radical (unpaired) electrons. The largest absolute Gasteiger partial charge is 0.489 e. The Hall–Kier alpha value is -2.92. The molecule has 0 heterocycles. The Balaban J connectivity index is 1.45. The second-order valence-corrected chi connectivity index (χ2v) is 7.36. The number of nitrogens with zero attached hydrogens (tertiary/aromatic N) is 1. The zero-order valence-corrected chi connectivity index (χ0v) is 17.1. The molecular weight excluding hydrogens is 416 g/mol. The number of halogens is 1. The fourth-order valence-electron chi connectivity index (χ4n) is 2.51. The lowest BCUT2D eigenvalue weighted by molar-refractivity contribution is -0.120. The van der Waals surface area contributed by atoms with Gasteiger partial charge in [0.1, 0.15) is 12.4 Å². The summed E-state index contributed by atoms with van der Waals surface area (Å²) in [6.07, 6.45) is 1.90. The molecule has 5 heteroatoms. The van der Waals surface area contributed by atoms with Crippen molar-refractivity contribution < 1.29 is 9.53 Å². The molecule has 142 valence electrons. The monoisotopic (exact) mass is 436 g/mol. The predicted octanol–water partition coefficient (Wildman–Crippen LogP) is 5.03. The van der Waals surface area contributed by atoms with E-state index in [4.69, 9.17) is 4.74 Å². The minimum Gasteiger partial charge on any atom is -0.489 e. The van der Waals surface area contributed by atoms with Gasteiger partial charge in [-0.15, -0.1) is 0 Å². The van der Waals surface area contributed by atoms with Crippen LogP contribution in [0.15, 0.2) is 82.4 Å². The third kappa shape index (κ3) is 6.35. The smallest absolute Gasteiger partial charge is 0.244 e. The lowest BCUT2D eigenvalue weighted by atomic mass is 10.1. The van der Waals surface area contributed by atoms with Crippen molar-refractivity contribution >= 4 is 28.1 Å². The van der Waals surface area contributed by atoms with Crippen molar-refractivity contribution in [3.63, 3.8) is 0 Å². The molecule has 1 amide bonds. The van der Waals surface area contributed by atoms with Crippen molar-refractivity contribution in [2.24, 2.45) is 5.10 Å². The van der Waals surface area contributed by atoms with Crippen LogP contribution in [0.3, 0.4) is 0 Å². The second-order valence-electron chi connectivity index (χ2n) is 6.44. The maximum Gasteiger partial charge on any atom is 0.244 e. The van der Waals surface area contributed by atoms with Gasteiger partial charge in [-0.1, -0.05) is 57.9 Å². The summed E-state index contributed by atoms with van der Waals surface area (Å²) in [6.45, 7) is 2.59. The molecule has 0 aliphatic rings. The first-order valence-corrected chi connectivity index (χ1v) is 9.72. The minimum atomic E-state index is -0.156. The number of amides is 1. The molecule has 0 bridgehead atoms. The first-order valence-electron chi connectivity index (χ1n) is 8.93. The van der Waals surface area contributed by atoms with Crippen molar-refractivity contribution in [1.29, 1.82) is 0 Å². The summed E-state index contributed by atoms with van der Waals surface area (Å²) in [5.41, 5.74) is 6.73. The molecule has 3 aromatic rings. The zero-order valence-electron chi connectivity index (χ0n) is 15.6. The normalized spacial score (nSPS) is 10.8. The van der Waals surface area contributed by atoms with E-state index in [1.807, 2.05) is 48.5 Å². The van der Waals surface area contributed by atoms with Crippen LogP contribution in [0.5, 0.6) is 5.75 Å². The first-order chi connectivity index (χ1) is 13.6. The first kappa shape index (κ1) is 19.8. The van der Waals surface area contributed by atoms with E-state index in [1.54, 1.807) is 6.21 Å². The van der Waals surface area contributed by atoms with Gasteiger partial charge in [-0.05, 0) is 60.0 Å². The fourth-order valence-corrected chi connectivity index (χ4v) is 2.77. The lowest BCUT2D eigenvalue weighted by Gasteiger charge is -2.07. The Morgan fingerprint density at radius 1 is 0.964 bits per heavy atom. The molecule has 3 aromatic carbocycles. The van der Waals surface area contributed by atoms with E-state index in [0.29, 0.717) is 6.61 Å². The highest BCUT2D eigenvalue weighted by atomic mass is 79.9. The number of carbonyl (C=O) groups excluding carboxylic acids is 1. The van der Waals surface area contributed by atoms with Gasteiger partial charge in [0.15, 0.2) is 0 Å². The number of aryl methyl sites for hydroxylation is 1. The van der Waals surface area contributed by atoms with E-state index in [2.05, 4.69) is 57.6 Å². The molecule has 0 atom stereocenters. The van der Waals surface area contributed by atoms with Crippen LogP contribution in [0.4, 0.5) is 0 Å². The number of rotatable bonds is 7. The van der Waals surface area contributed by atoms with Crippen molar-refractivity contribution in [2.75, 3.05) is 0 Å². The lowest BCUT2D eigenvalue weighted by Crippen LogP contribution is -2.19. The van der Waals surface area contributed by atoms with Crippen LogP contribution >= 0.6 is 15.9 Å². The molecule has 0 aliphatic carbocycles. The van der Waals surface area contributed by atoms with E-state index in [-0.39, 0.29) is 12.3 Å². The number of carbonyl (C=O) groups is 1. The Morgan fingerprint density at radius 2 is 1.61 bits per heavy atom. The van der Waals surface area contributed by atoms with Crippen molar-refractivity contribution in [3.05, 3.63) is 99.5 Å². The van der Waals surface area contributed by atoms with Gasteiger partial charge in [-0.3, -0.25) is 4.79 Å². The van der Waals surface area contributed by atoms with Crippen molar-refractivity contribution in [2.45, 2.75) is 20.0 Å². The van der Waals surface area contributed by atoms with E-state index >= 15 is 0 Å². The van der Waals surface area contributed by atoms with E-state index in [9.17, 15) is 4.79 Å². The summed E-state index contributed by atoms with van der Waals surface area (Å²) in [5, 5.41) is 4.01. The SMILES string of the molecule is Cc1ccc(COc2ccc(/C=N/NC(=O)Cc3ccc(Br)cc3)cc2)cc1.